The number of fused-ring (bicyclic) bond motifs is 5. The van der Waals surface area contributed by atoms with Gasteiger partial charge in [-0.3, -0.25) is 0 Å². The van der Waals surface area contributed by atoms with Gasteiger partial charge >= 0.3 is 13.2 Å². The van der Waals surface area contributed by atoms with E-state index < -0.39 is 47.2 Å². The van der Waals surface area contributed by atoms with Crippen LogP contribution < -0.4 is 10.8 Å². The number of aromatic nitrogens is 13. The number of hydrogen-bond donors (Lipinski definition) is 1. The third-order valence-corrected chi connectivity index (χ3v) is 17.9. The second-order valence-corrected chi connectivity index (χ2v) is 28.9. The highest BCUT2D eigenvalue weighted by Crippen LogP contribution is 2.38. The first-order chi connectivity index (χ1) is 46.3. The molecule has 1 N–H and O–H groups in total. The average molecular weight is 1450 g/mol. The fourth-order valence-corrected chi connectivity index (χ4v) is 12.9. The molecule has 13 rings (SSSR count). The van der Waals surface area contributed by atoms with Crippen molar-refractivity contribution in [2.45, 2.75) is 185 Å². The zero-order valence-corrected chi connectivity index (χ0v) is 61.2. The van der Waals surface area contributed by atoms with E-state index in [4.69, 9.17) is 25.6 Å². The van der Waals surface area contributed by atoms with Gasteiger partial charge in [0.25, 0.3) is 0 Å². The molecule has 99 heavy (non-hydrogen) atoms. The molecule has 9 heterocycles. The van der Waals surface area contributed by atoms with Gasteiger partial charge in [-0.15, -0.1) is 0 Å². The highest BCUT2D eigenvalue weighted by Gasteiger charge is 2.52. The molecular weight excluding hydrogens is 1370 g/mol. The molecule has 2 aliphatic heterocycles. The van der Waals surface area contributed by atoms with Gasteiger partial charge in [-0.25, -0.2) is 76.0 Å². The van der Waals surface area contributed by atoms with Gasteiger partial charge < -0.3 is 42.5 Å². The summed E-state index contributed by atoms with van der Waals surface area (Å²) in [6, 6.07) is 16.8. The lowest BCUT2D eigenvalue weighted by Crippen LogP contribution is -2.41. The van der Waals surface area contributed by atoms with Crippen molar-refractivity contribution in [3.8, 4) is 22.5 Å². The molecule has 19 nitrogen and oxygen atoms in total. The van der Waals surface area contributed by atoms with Crippen molar-refractivity contribution in [2.24, 2.45) is 0 Å². The number of imidazole rings is 4. The van der Waals surface area contributed by atoms with E-state index in [0.717, 1.165) is 50.8 Å². The number of carbonyl (C=O) groups is 1. The van der Waals surface area contributed by atoms with Crippen LogP contribution in [0.25, 0.3) is 66.6 Å². The highest BCUT2D eigenvalue weighted by atomic mass is 79.9. The third-order valence-electron chi connectivity index (χ3n) is 17.2. The van der Waals surface area contributed by atoms with Crippen LogP contribution in [0.4, 0.5) is 42.9 Å². The van der Waals surface area contributed by atoms with Crippen molar-refractivity contribution in [3.05, 3.63) is 152 Å². The van der Waals surface area contributed by atoms with Gasteiger partial charge in [0.2, 0.25) is 11.2 Å². The second kappa shape index (κ2) is 28.2. The van der Waals surface area contributed by atoms with Gasteiger partial charge in [0, 0.05) is 58.4 Å². The first-order valence-corrected chi connectivity index (χ1v) is 33.7. The largest absolute Gasteiger partial charge is 0.495 e. The van der Waals surface area contributed by atoms with Crippen molar-refractivity contribution in [3.63, 3.8) is 0 Å². The molecule has 0 atom stereocenters. The number of carbonyl (C=O) groups excluding carboxylic acids is 1. The van der Waals surface area contributed by atoms with Crippen LogP contribution in [-0.4, -0.2) is 105 Å². The molecule has 0 bridgehead atoms. The maximum absolute atomic E-state index is 15.0. The standard InChI is InChI=1S/C28H31F2N7O2.C17H24BFN2O2.C15H13ClF2N4.C11H12BrFN2/c1-15(2)37-16(3)32-25-19(29)11-18(12-22(25)37)24-20(30)13-31-26(35-24)34-23-8-7-17-14-36(10-9-21(17)33-23)27(38)39-28(4,5)6;1-10(2)21-11(3)20-15-13(19)8-12(9-14(15)21)18-22-16(4,5)17(6,7)23-18;1-7(2)22-8(3)20-14-10(17)4-9(5-12(14)22)13-11(18)6-19-15(16)21-13;1-6(2)15-7(3)14-11-9(13)4-8(12)5-10(11)15/h7-8,11-13,15H,9-10,14H2,1-6H3,(H,31,33,34,35);8-10H,1-7H3;4-7H,1-3H3;4-6H,1-3H3. The highest BCUT2D eigenvalue weighted by molar-refractivity contribution is 9.10. The maximum Gasteiger partial charge on any atom is 0.495 e. The zero-order valence-electron chi connectivity index (χ0n) is 58.9. The third kappa shape index (κ3) is 15.3. The van der Waals surface area contributed by atoms with Gasteiger partial charge in [-0.2, -0.15) is 0 Å². The number of hydrogen-bond acceptors (Lipinski definition) is 14. The number of rotatable bonds is 9. The van der Waals surface area contributed by atoms with Gasteiger partial charge in [0.1, 0.15) is 68.2 Å². The minimum Gasteiger partial charge on any atom is -0.444 e. The Labute approximate surface area is 584 Å². The normalized spacial score (nSPS) is 14.3. The van der Waals surface area contributed by atoms with Crippen molar-refractivity contribution in [1.82, 2.24) is 68.0 Å². The van der Waals surface area contributed by atoms with Crippen LogP contribution in [-0.2, 0) is 27.0 Å². The Bertz CT molecular complexity index is 4890. The average Bonchev–Trinajstić information content (AvgIpc) is 1.62. The minimum atomic E-state index is -0.674. The number of nitrogens with one attached hydrogen (secondary N) is 1. The predicted molar refractivity (Wildman–Crippen MR) is 378 cm³/mol. The summed E-state index contributed by atoms with van der Waals surface area (Å²) in [5, 5.41) is 2.93. The van der Waals surface area contributed by atoms with Crippen LogP contribution in [0.1, 0.15) is 163 Å². The lowest BCUT2D eigenvalue weighted by Gasteiger charge is -2.32. The Kier molecular flexibility index (Phi) is 20.9. The van der Waals surface area contributed by atoms with Crippen molar-refractivity contribution in [1.29, 1.82) is 0 Å². The summed E-state index contributed by atoms with van der Waals surface area (Å²) in [6.45, 7) is 37.9. The van der Waals surface area contributed by atoms with Crippen molar-refractivity contribution < 1.29 is 45.2 Å². The molecule has 4 aromatic carbocycles. The number of benzene rings is 4. The predicted octanol–water partition coefficient (Wildman–Crippen LogP) is 17.6. The molecule has 11 aromatic rings. The molecule has 0 saturated carbocycles. The maximum atomic E-state index is 15.0. The van der Waals surface area contributed by atoms with Crippen molar-refractivity contribution in [2.75, 3.05) is 11.9 Å². The van der Waals surface area contributed by atoms with Gasteiger partial charge in [-0.1, -0.05) is 22.0 Å². The fourth-order valence-electron chi connectivity index (χ4n) is 12.3. The Balaban J connectivity index is 0.000000152. The lowest BCUT2D eigenvalue weighted by atomic mass is 9.79. The second-order valence-electron chi connectivity index (χ2n) is 27.7. The first-order valence-electron chi connectivity index (χ1n) is 32.5. The van der Waals surface area contributed by atoms with Crippen LogP contribution >= 0.6 is 27.5 Å². The van der Waals surface area contributed by atoms with Crippen LogP contribution in [0.2, 0.25) is 5.28 Å². The van der Waals surface area contributed by atoms with Crippen molar-refractivity contribution >= 4 is 102 Å². The molecule has 1 amide bonds. The van der Waals surface area contributed by atoms with Crippen LogP contribution in [0.15, 0.2) is 77.5 Å². The molecule has 0 spiro atoms. The molecule has 0 radical (unpaired) electrons. The lowest BCUT2D eigenvalue weighted by molar-refractivity contribution is 0.00578. The quantitative estimate of drug-likeness (QED) is 0.0814. The molecule has 7 aromatic heterocycles. The smallest absolute Gasteiger partial charge is 0.444 e. The Morgan fingerprint density at radius 2 is 1.00 bits per heavy atom. The number of nitrogens with zero attached hydrogens (tertiary/aromatic N) is 14. The molecule has 28 heteroatoms. The first kappa shape index (κ1) is 73.2. The molecule has 0 unspecified atom stereocenters. The van der Waals surface area contributed by atoms with Gasteiger partial charge in [0.15, 0.2) is 34.9 Å². The molecule has 522 valence electrons. The van der Waals surface area contributed by atoms with Gasteiger partial charge in [0.05, 0.1) is 52.2 Å². The van der Waals surface area contributed by atoms with E-state index in [1.54, 1.807) is 30.0 Å². The number of pyridine rings is 1. The number of anilines is 2. The van der Waals surface area contributed by atoms with E-state index in [0.29, 0.717) is 70.1 Å². The van der Waals surface area contributed by atoms with E-state index in [-0.39, 0.29) is 81.1 Å². The summed E-state index contributed by atoms with van der Waals surface area (Å²) in [5.74, 6) is 0.609. The summed E-state index contributed by atoms with van der Waals surface area (Å²) in [5.41, 5.74) is 5.63. The molecule has 2 aliphatic rings. The number of amides is 1. The monoisotopic (exact) mass is 1450 g/mol. The Morgan fingerprint density at radius 1 is 0.576 bits per heavy atom. The summed E-state index contributed by atoms with van der Waals surface area (Å²) in [6.07, 6.45) is 2.22. The van der Waals surface area contributed by atoms with E-state index in [1.807, 2.05) is 133 Å². The minimum absolute atomic E-state index is 0.0324. The van der Waals surface area contributed by atoms with Crippen LogP contribution in [0, 0.1) is 62.6 Å². The molecule has 1 saturated heterocycles. The van der Waals surface area contributed by atoms with E-state index in [9.17, 15) is 31.1 Å². The summed E-state index contributed by atoms with van der Waals surface area (Å²) in [7, 11) is -0.574. The Hall–Kier alpha value is -8.53. The fraction of sp³-hybridized carbons (Fsp3) is 0.408. The number of aryl methyl sites for hydroxylation is 4. The number of ether oxygens (including phenoxy) is 1. The molecule has 0 aliphatic carbocycles. The summed E-state index contributed by atoms with van der Waals surface area (Å²) in [4.78, 5) is 51.8. The SMILES string of the molecule is Cc1nc2c(F)cc(-c3nc(Cl)ncc3F)cc2n1C(C)C.Cc1nc2c(F)cc(-c3nc(Nc4ccc5c(n4)CCN(C(=O)OC(C)(C)C)C5)ncc3F)cc2n1C(C)C.Cc1nc2c(F)cc(B3OC(C)(C)C(C)(C)O3)cc2n1C(C)C.Cc1nc2c(F)cc(Br)cc2n1C(C)C. The van der Waals surface area contributed by atoms with E-state index >= 15 is 0 Å². The molecular formula is C71H80BBrClF6N15O4. The van der Waals surface area contributed by atoms with E-state index in [1.165, 1.54) is 24.3 Å². The topological polar surface area (TPSA) is 196 Å². The zero-order chi connectivity index (χ0) is 72.4. The summed E-state index contributed by atoms with van der Waals surface area (Å²) >= 11 is 9.01. The summed E-state index contributed by atoms with van der Waals surface area (Å²) < 4.78 is 112. The number of halogens is 8. The van der Waals surface area contributed by atoms with E-state index in [2.05, 4.69) is 93.8 Å². The van der Waals surface area contributed by atoms with Crippen LogP contribution in [0.5, 0.6) is 0 Å². The molecule has 1 fully saturated rings. The Morgan fingerprint density at radius 3 is 1.46 bits per heavy atom. The van der Waals surface area contributed by atoms with Gasteiger partial charge in [-0.05, 0) is 209 Å². The van der Waals surface area contributed by atoms with Crippen LogP contribution in [0.3, 0.4) is 0 Å².